The van der Waals surface area contributed by atoms with Crippen molar-refractivity contribution in [1.29, 1.82) is 0 Å². The molecule has 0 saturated carbocycles. The van der Waals surface area contributed by atoms with Gasteiger partial charge < -0.3 is 25.8 Å². The lowest BCUT2D eigenvalue weighted by Gasteiger charge is -2.23. The molecule has 1 aliphatic heterocycles. The summed E-state index contributed by atoms with van der Waals surface area (Å²) in [5.74, 6) is -4.06. The third-order valence-electron chi connectivity index (χ3n) is 6.65. The maximum absolute atomic E-state index is 12.6. The number of alkyl carbamates (subject to hydrolysis) is 1. The minimum Gasteiger partial charge on any atom is -0.481 e. The lowest BCUT2D eigenvalue weighted by Crippen LogP contribution is -2.51. The van der Waals surface area contributed by atoms with Gasteiger partial charge in [-0.15, -0.1) is 0 Å². The molecule has 2 aromatic carbocycles. The van der Waals surface area contributed by atoms with Gasteiger partial charge in [0, 0.05) is 18.5 Å². The maximum atomic E-state index is 12.6. The molecule has 3 amide bonds. The van der Waals surface area contributed by atoms with Gasteiger partial charge in [0.2, 0.25) is 11.8 Å². The Hall–Kier alpha value is -3.88. The van der Waals surface area contributed by atoms with Gasteiger partial charge in [0.1, 0.15) is 18.6 Å². The molecule has 4 atom stereocenters. The molecule has 4 N–H and O–H groups in total. The number of rotatable bonds is 7. The monoisotopic (exact) mass is 465 g/mol. The summed E-state index contributed by atoms with van der Waals surface area (Å²) in [6.07, 6.45) is -0.656. The zero-order valence-corrected chi connectivity index (χ0v) is 18.9. The molecular formula is C25H27N3O6. The van der Waals surface area contributed by atoms with E-state index in [4.69, 9.17) is 4.74 Å². The summed E-state index contributed by atoms with van der Waals surface area (Å²) in [6.45, 7) is 3.35. The lowest BCUT2D eigenvalue weighted by atomic mass is 9.98. The number of nitrogens with one attached hydrogen (secondary N) is 3. The van der Waals surface area contributed by atoms with Crippen LogP contribution in [0, 0.1) is 11.8 Å². The van der Waals surface area contributed by atoms with Gasteiger partial charge in [-0.3, -0.25) is 14.4 Å². The smallest absolute Gasteiger partial charge is 0.407 e. The van der Waals surface area contributed by atoms with Crippen molar-refractivity contribution in [1.82, 2.24) is 16.0 Å². The van der Waals surface area contributed by atoms with Crippen LogP contribution in [0.1, 0.15) is 30.9 Å². The summed E-state index contributed by atoms with van der Waals surface area (Å²) in [4.78, 5) is 48.3. The fraction of sp³-hybridized carbons (Fsp3) is 0.360. The number of carbonyl (C=O) groups excluding carboxylic acids is 3. The number of ether oxygens (including phenoxy) is 1. The van der Waals surface area contributed by atoms with E-state index in [2.05, 4.69) is 28.1 Å². The van der Waals surface area contributed by atoms with Crippen molar-refractivity contribution >= 4 is 23.9 Å². The molecule has 0 aromatic heterocycles. The summed E-state index contributed by atoms with van der Waals surface area (Å²) in [7, 11) is 0. The Kier molecular flexibility index (Phi) is 6.54. The van der Waals surface area contributed by atoms with Crippen LogP contribution in [-0.2, 0) is 19.1 Å². The second kappa shape index (κ2) is 9.54. The number of amides is 3. The number of carbonyl (C=O) groups is 4. The number of carboxylic acids is 1. The van der Waals surface area contributed by atoms with Crippen molar-refractivity contribution in [3.63, 3.8) is 0 Å². The van der Waals surface area contributed by atoms with Crippen molar-refractivity contribution in [2.24, 2.45) is 11.8 Å². The van der Waals surface area contributed by atoms with E-state index in [0.717, 1.165) is 22.3 Å². The third kappa shape index (κ3) is 4.46. The van der Waals surface area contributed by atoms with Crippen LogP contribution in [0.4, 0.5) is 4.79 Å². The Balaban J connectivity index is 1.33. The van der Waals surface area contributed by atoms with Crippen LogP contribution in [0.3, 0.4) is 0 Å². The van der Waals surface area contributed by atoms with Crippen LogP contribution in [-0.4, -0.2) is 54.2 Å². The predicted octanol–water partition coefficient (Wildman–Crippen LogP) is 1.87. The zero-order valence-electron chi connectivity index (χ0n) is 18.9. The van der Waals surface area contributed by atoms with Gasteiger partial charge in [-0.05, 0) is 29.2 Å². The molecule has 1 aliphatic carbocycles. The number of hydrogen-bond acceptors (Lipinski definition) is 5. The highest BCUT2D eigenvalue weighted by molar-refractivity contribution is 5.95. The van der Waals surface area contributed by atoms with Crippen LogP contribution in [0.5, 0.6) is 0 Å². The maximum Gasteiger partial charge on any atom is 0.407 e. The molecule has 9 heteroatoms. The predicted molar refractivity (Wildman–Crippen MR) is 123 cm³/mol. The second-order valence-electron chi connectivity index (χ2n) is 8.72. The normalized spacial score (nSPS) is 20.5. The molecule has 2 aliphatic rings. The number of hydrogen-bond donors (Lipinski definition) is 4. The number of fused-ring (bicyclic) bond motifs is 3. The standard InChI is InChI=1S/C25H27N3O6/c1-13(22(29)28-21-19(24(31)32)11-26-23(21)30)14(2)27-25(33)34-12-20-17-9-5-3-7-15(17)16-8-4-6-10-18(16)20/h3-10,13-14,19-21H,11-12H2,1-2H3,(H,26,30)(H,27,33)(H,28,29)(H,31,32). The summed E-state index contributed by atoms with van der Waals surface area (Å²) in [5.41, 5.74) is 4.45. The van der Waals surface area contributed by atoms with E-state index in [1.807, 2.05) is 36.4 Å². The van der Waals surface area contributed by atoms with E-state index in [0.29, 0.717) is 0 Å². The van der Waals surface area contributed by atoms with Crippen LogP contribution in [0.25, 0.3) is 11.1 Å². The van der Waals surface area contributed by atoms with E-state index in [-0.39, 0.29) is 19.1 Å². The molecule has 1 fully saturated rings. The van der Waals surface area contributed by atoms with Crippen molar-refractivity contribution in [3.8, 4) is 11.1 Å². The van der Waals surface area contributed by atoms with Gasteiger partial charge >= 0.3 is 12.1 Å². The van der Waals surface area contributed by atoms with Crippen molar-refractivity contribution in [2.75, 3.05) is 13.2 Å². The largest absolute Gasteiger partial charge is 0.481 e. The molecule has 0 radical (unpaired) electrons. The van der Waals surface area contributed by atoms with Gasteiger partial charge in [-0.25, -0.2) is 4.79 Å². The molecule has 9 nitrogen and oxygen atoms in total. The molecular weight excluding hydrogens is 438 g/mol. The summed E-state index contributed by atoms with van der Waals surface area (Å²) in [6, 6.07) is 14.3. The highest BCUT2D eigenvalue weighted by Gasteiger charge is 2.41. The minimum atomic E-state index is -1.17. The fourth-order valence-electron chi connectivity index (χ4n) is 4.48. The second-order valence-corrected chi connectivity index (χ2v) is 8.72. The first-order valence-corrected chi connectivity index (χ1v) is 11.2. The van der Waals surface area contributed by atoms with E-state index < -0.39 is 47.8 Å². The Bertz CT molecular complexity index is 1090. The Labute approximate surface area is 196 Å². The first-order valence-electron chi connectivity index (χ1n) is 11.2. The average molecular weight is 466 g/mol. The summed E-state index contributed by atoms with van der Waals surface area (Å²) in [5, 5.41) is 16.8. The number of benzene rings is 2. The van der Waals surface area contributed by atoms with Crippen molar-refractivity contribution in [2.45, 2.75) is 31.8 Å². The molecule has 0 spiro atoms. The average Bonchev–Trinajstić information content (AvgIpc) is 3.35. The van der Waals surface area contributed by atoms with E-state index in [1.54, 1.807) is 13.8 Å². The molecule has 2 aromatic rings. The molecule has 0 bridgehead atoms. The van der Waals surface area contributed by atoms with Crippen molar-refractivity contribution in [3.05, 3.63) is 59.7 Å². The molecule has 4 rings (SSSR count). The van der Waals surface area contributed by atoms with Crippen LogP contribution < -0.4 is 16.0 Å². The molecule has 1 saturated heterocycles. The summed E-state index contributed by atoms with van der Waals surface area (Å²) < 4.78 is 5.52. The SMILES string of the molecule is CC(NC(=O)OCC1c2ccccc2-c2ccccc21)C(C)C(=O)NC1C(=O)NCC1C(=O)O. The Morgan fingerprint density at radius 2 is 1.65 bits per heavy atom. The quantitative estimate of drug-likeness (QED) is 0.493. The topological polar surface area (TPSA) is 134 Å². The summed E-state index contributed by atoms with van der Waals surface area (Å²) >= 11 is 0. The zero-order chi connectivity index (χ0) is 24.4. The molecule has 34 heavy (non-hydrogen) atoms. The van der Waals surface area contributed by atoms with Crippen molar-refractivity contribution < 1.29 is 29.0 Å². The van der Waals surface area contributed by atoms with Crippen LogP contribution in [0.15, 0.2) is 48.5 Å². The highest BCUT2D eigenvalue weighted by atomic mass is 16.5. The first kappa shape index (κ1) is 23.3. The highest BCUT2D eigenvalue weighted by Crippen LogP contribution is 2.44. The Morgan fingerprint density at radius 1 is 1.06 bits per heavy atom. The third-order valence-corrected chi connectivity index (χ3v) is 6.65. The first-order chi connectivity index (χ1) is 16.3. The van der Waals surface area contributed by atoms with Gasteiger partial charge in [0.15, 0.2) is 0 Å². The fourth-order valence-corrected chi connectivity index (χ4v) is 4.48. The van der Waals surface area contributed by atoms with Gasteiger partial charge in [0.05, 0.1) is 5.92 Å². The molecule has 1 heterocycles. The van der Waals surface area contributed by atoms with Gasteiger partial charge in [-0.2, -0.15) is 0 Å². The lowest BCUT2D eigenvalue weighted by molar-refractivity contribution is -0.143. The minimum absolute atomic E-state index is 0.0406. The molecule has 4 unspecified atom stereocenters. The van der Waals surface area contributed by atoms with E-state index in [1.165, 1.54) is 0 Å². The van der Waals surface area contributed by atoms with Crippen LogP contribution in [0.2, 0.25) is 0 Å². The number of aliphatic carboxylic acids is 1. The van der Waals surface area contributed by atoms with E-state index >= 15 is 0 Å². The Morgan fingerprint density at radius 3 is 2.24 bits per heavy atom. The van der Waals surface area contributed by atoms with Crippen LogP contribution >= 0.6 is 0 Å². The van der Waals surface area contributed by atoms with E-state index in [9.17, 15) is 24.3 Å². The molecule has 178 valence electrons. The van der Waals surface area contributed by atoms with Gasteiger partial charge in [-0.1, -0.05) is 55.5 Å². The van der Waals surface area contributed by atoms with Gasteiger partial charge in [0.25, 0.3) is 0 Å². The number of carboxylic acid groups (broad SMARTS) is 1.